The first-order valence-corrected chi connectivity index (χ1v) is 5.58. The first-order valence-electron chi connectivity index (χ1n) is 4.36. The van der Waals surface area contributed by atoms with Gasteiger partial charge >= 0.3 is 0 Å². The van der Waals surface area contributed by atoms with Crippen LogP contribution in [0.2, 0.25) is 0 Å². The Morgan fingerprint density at radius 1 is 1.38 bits per heavy atom. The van der Waals surface area contributed by atoms with Gasteiger partial charge in [-0.2, -0.15) is 0 Å². The van der Waals surface area contributed by atoms with Gasteiger partial charge in [0.05, 0.1) is 0 Å². The van der Waals surface area contributed by atoms with Gasteiger partial charge in [-0.15, -0.1) is 11.8 Å². The van der Waals surface area contributed by atoms with Crippen LogP contribution < -0.4 is 11.1 Å². The number of hydrogen-bond acceptors (Lipinski definition) is 3. The van der Waals surface area contributed by atoms with Crippen LogP contribution in [0.3, 0.4) is 0 Å². The third kappa shape index (κ3) is 3.70. The monoisotopic (exact) mass is 196 g/mol. The predicted octanol–water partition coefficient (Wildman–Crippen LogP) is 2.17. The smallest absolute Gasteiger partial charge is 0.0341 e. The second kappa shape index (κ2) is 5.14. The van der Waals surface area contributed by atoms with Gasteiger partial charge in [0.1, 0.15) is 0 Å². The largest absolute Gasteiger partial charge is 0.383 e. The molecular weight excluding hydrogens is 180 g/mol. The predicted molar refractivity (Wildman–Crippen MR) is 60.4 cm³/mol. The van der Waals surface area contributed by atoms with Crippen LogP contribution in [0.15, 0.2) is 29.2 Å². The SMILES string of the molecule is CSc1ccc(NCC(C)N)cc1. The van der Waals surface area contributed by atoms with Crippen LogP contribution in [0.1, 0.15) is 6.92 Å². The molecule has 0 saturated heterocycles. The van der Waals surface area contributed by atoms with E-state index < -0.39 is 0 Å². The summed E-state index contributed by atoms with van der Waals surface area (Å²) in [5.74, 6) is 0. The molecule has 0 heterocycles. The molecule has 1 aromatic rings. The Bertz CT molecular complexity index is 244. The zero-order valence-corrected chi connectivity index (χ0v) is 8.90. The molecule has 3 N–H and O–H groups in total. The van der Waals surface area contributed by atoms with Crippen molar-refractivity contribution in [3.05, 3.63) is 24.3 Å². The maximum absolute atomic E-state index is 5.63. The molecule has 0 bridgehead atoms. The molecule has 0 spiro atoms. The number of thioether (sulfide) groups is 1. The molecule has 0 radical (unpaired) electrons. The number of nitrogens with one attached hydrogen (secondary N) is 1. The zero-order valence-electron chi connectivity index (χ0n) is 8.08. The van der Waals surface area contributed by atoms with Crippen molar-refractivity contribution in [2.45, 2.75) is 17.9 Å². The van der Waals surface area contributed by atoms with Gasteiger partial charge in [0.2, 0.25) is 0 Å². The van der Waals surface area contributed by atoms with Crippen LogP contribution in [-0.4, -0.2) is 18.8 Å². The minimum Gasteiger partial charge on any atom is -0.383 e. The van der Waals surface area contributed by atoms with Gasteiger partial charge in [-0.3, -0.25) is 0 Å². The summed E-state index contributed by atoms with van der Waals surface area (Å²) in [6, 6.07) is 8.56. The summed E-state index contributed by atoms with van der Waals surface area (Å²) in [5.41, 5.74) is 6.76. The van der Waals surface area contributed by atoms with Crippen LogP contribution in [0.25, 0.3) is 0 Å². The van der Waals surface area contributed by atoms with Crippen LogP contribution in [0.5, 0.6) is 0 Å². The highest BCUT2D eigenvalue weighted by atomic mass is 32.2. The highest BCUT2D eigenvalue weighted by Crippen LogP contribution is 2.17. The molecule has 1 rings (SSSR count). The normalized spacial score (nSPS) is 12.5. The van der Waals surface area contributed by atoms with E-state index in [0.717, 1.165) is 12.2 Å². The molecule has 0 aliphatic carbocycles. The van der Waals surface area contributed by atoms with Gasteiger partial charge in [0, 0.05) is 23.2 Å². The summed E-state index contributed by atoms with van der Waals surface area (Å²) in [7, 11) is 0. The maximum atomic E-state index is 5.63. The van der Waals surface area contributed by atoms with Crippen molar-refractivity contribution in [1.82, 2.24) is 0 Å². The average Bonchev–Trinajstić information content (AvgIpc) is 2.15. The maximum Gasteiger partial charge on any atom is 0.0341 e. The molecule has 0 amide bonds. The van der Waals surface area contributed by atoms with E-state index >= 15 is 0 Å². The third-order valence-electron chi connectivity index (χ3n) is 1.72. The quantitative estimate of drug-likeness (QED) is 0.725. The number of hydrogen-bond donors (Lipinski definition) is 2. The lowest BCUT2D eigenvalue weighted by molar-refractivity contribution is 0.780. The lowest BCUT2D eigenvalue weighted by Crippen LogP contribution is -2.25. The van der Waals surface area contributed by atoms with E-state index in [1.807, 2.05) is 6.92 Å². The lowest BCUT2D eigenvalue weighted by atomic mass is 10.3. The molecule has 0 fully saturated rings. The number of anilines is 1. The fourth-order valence-corrected chi connectivity index (χ4v) is 1.40. The van der Waals surface area contributed by atoms with Crippen LogP contribution in [0.4, 0.5) is 5.69 Å². The van der Waals surface area contributed by atoms with E-state index in [0.29, 0.717) is 0 Å². The van der Waals surface area contributed by atoms with Crippen molar-refractivity contribution in [1.29, 1.82) is 0 Å². The molecule has 1 atom stereocenters. The molecule has 0 saturated carbocycles. The van der Waals surface area contributed by atoms with E-state index in [2.05, 4.69) is 35.8 Å². The molecular formula is C10H16N2S. The van der Waals surface area contributed by atoms with Crippen LogP contribution in [0, 0.1) is 0 Å². The summed E-state index contributed by atoms with van der Waals surface area (Å²) >= 11 is 1.75. The molecule has 13 heavy (non-hydrogen) atoms. The number of nitrogens with two attached hydrogens (primary N) is 1. The van der Waals surface area contributed by atoms with E-state index in [4.69, 9.17) is 5.73 Å². The third-order valence-corrected chi connectivity index (χ3v) is 2.46. The Balaban J connectivity index is 2.49. The lowest BCUT2D eigenvalue weighted by Gasteiger charge is -2.08. The van der Waals surface area contributed by atoms with E-state index in [1.165, 1.54) is 4.90 Å². The van der Waals surface area contributed by atoms with Gasteiger partial charge in [0.25, 0.3) is 0 Å². The Morgan fingerprint density at radius 2 is 2.00 bits per heavy atom. The molecule has 1 aromatic carbocycles. The van der Waals surface area contributed by atoms with Crippen molar-refractivity contribution in [2.24, 2.45) is 5.73 Å². The van der Waals surface area contributed by atoms with Crippen molar-refractivity contribution in [3.63, 3.8) is 0 Å². The summed E-state index contributed by atoms with van der Waals surface area (Å²) < 4.78 is 0. The van der Waals surface area contributed by atoms with E-state index in [1.54, 1.807) is 11.8 Å². The van der Waals surface area contributed by atoms with Gasteiger partial charge < -0.3 is 11.1 Å². The molecule has 0 aromatic heterocycles. The molecule has 72 valence electrons. The second-order valence-corrected chi connectivity index (χ2v) is 3.97. The minimum absolute atomic E-state index is 0.195. The van der Waals surface area contributed by atoms with Crippen molar-refractivity contribution < 1.29 is 0 Å². The van der Waals surface area contributed by atoms with Gasteiger partial charge in [0.15, 0.2) is 0 Å². The Kier molecular flexibility index (Phi) is 4.12. The standard InChI is InChI=1S/C10H16N2S/c1-8(11)7-12-9-3-5-10(13-2)6-4-9/h3-6,8,12H,7,11H2,1-2H3. The summed E-state index contributed by atoms with van der Waals surface area (Å²) in [6.07, 6.45) is 2.07. The fraction of sp³-hybridized carbons (Fsp3) is 0.400. The zero-order chi connectivity index (χ0) is 9.68. The second-order valence-electron chi connectivity index (χ2n) is 3.09. The minimum atomic E-state index is 0.195. The van der Waals surface area contributed by atoms with Crippen LogP contribution in [-0.2, 0) is 0 Å². The molecule has 1 unspecified atom stereocenters. The van der Waals surface area contributed by atoms with Crippen molar-refractivity contribution in [2.75, 3.05) is 18.1 Å². The molecule has 2 nitrogen and oxygen atoms in total. The van der Waals surface area contributed by atoms with E-state index in [9.17, 15) is 0 Å². The topological polar surface area (TPSA) is 38.0 Å². The average molecular weight is 196 g/mol. The molecule has 0 aliphatic rings. The molecule has 3 heteroatoms. The van der Waals surface area contributed by atoms with E-state index in [-0.39, 0.29) is 6.04 Å². The highest BCUT2D eigenvalue weighted by Gasteiger charge is 1.94. The summed E-state index contributed by atoms with van der Waals surface area (Å²) in [6.45, 7) is 2.81. The highest BCUT2D eigenvalue weighted by molar-refractivity contribution is 7.98. The number of benzene rings is 1. The first kappa shape index (κ1) is 10.4. The van der Waals surface area contributed by atoms with Gasteiger partial charge in [-0.05, 0) is 37.4 Å². The first-order chi connectivity index (χ1) is 6.22. The van der Waals surface area contributed by atoms with Gasteiger partial charge in [-0.25, -0.2) is 0 Å². The van der Waals surface area contributed by atoms with Crippen LogP contribution >= 0.6 is 11.8 Å². The Morgan fingerprint density at radius 3 is 2.46 bits per heavy atom. The number of rotatable bonds is 4. The Hall–Kier alpha value is -0.670. The van der Waals surface area contributed by atoms with Crippen molar-refractivity contribution >= 4 is 17.4 Å². The fourth-order valence-electron chi connectivity index (χ4n) is 0.988. The Labute approximate surface area is 83.9 Å². The summed E-state index contributed by atoms with van der Waals surface area (Å²) in [5, 5.41) is 3.26. The van der Waals surface area contributed by atoms with Gasteiger partial charge in [-0.1, -0.05) is 0 Å². The van der Waals surface area contributed by atoms with Crippen molar-refractivity contribution in [3.8, 4) is 0 Å². The summed E-state index contributed by atoms with van der Waals surface area (Å²) in [4.78, 5) is 1.28. The molecule has 0 aliphatic heterocycles.